The van der Waals surface area contributed by atoms with Gasteiger partial charge >= 0.3 is 0 Å². The predicted molar refractivity (Wildman–Crippen MR) is 77.2 cm³/mol. The minimum atomic E-state index is 0.405. The number of benzene rings is 1. The van der Waals surface area contributed by atoms with Gasteiger partial charge in [0.1, 0.15) is 0 Å². The predicted octanol–water partition coefficient (Wildman–Crippen LogP) is 4.62. The molecule has 0 amide bonds. The summed E-state index contributed by atoms with van der Waals surface area (Å²) >= 11 is 5.93. The zero-order valence-corrected chi connectivity index (χ0v) is 11.5. The second-order valence-electron chi connectivity index (χ2n) is 5.15. The first-order chi connectivity index (χ1) is 9.25. The van der Waals surface area contributed by atoms with Crippen molar-refractivity contribution in [1.29, 1.82) is 0 Å². The monoisotopic (exact) mass is 276 g/mol. The molecular formula is C15H17ClN2O. The molecule has 4 heteroatoms. The number of aromatic nitrogens is 1. The molecule has 0 bridgehead atoms. The van der Waals surface area contributed by atoms with Crippen LogP contribution in [0.25, 0.3) is 11.1 Å². The van der Waals surface area contributed by atoms with Gasteiger partial charge in [-0.05, 0) is 30.5 Å². The molecule has 2 N–H and O–H groups in total. The highest BCUT2D eigenvalue weighted by atomic mass is 35.5. The smallest absolute Gasteiger partial charge is 0.230 e. The summed E-state index contributed by atoms with van der Waals surface area (Å²) in [6, 6.07) is 7.68. The summed E-state index contributed by atoms with van der Waals surface area (Å²) in [7, 11) is 0. The van der Waals surface area contributed by atoms with Crippen LogP contribution < -0.4 is 5.73 Å². The molecule has 1 fully saturated rings. The minimum Gasteiger partial charge on any atom is -0.367 e. The molecule has 0 spiro atoms. The minimum absolute atomic E-state index is 0.405. The molecule has 1 heterocycles. The van der Waals surface area contributed by atoms with E-state index in [0.29, 0.717) is 11.8 Å². The Morgan fingerprint density at radius 2 is 1.79 bits per heavy atom. The average molecular weight is 277 g/mol. The summed E-state index contributed by atoms with van der Waals surface area (Å²) in [6.07, 6.45) is 6.19. The van der Waals surface area contributed by atoms with E-state index in [1.807, 2.05) is 24.3 Å². The van der Waals surface area contributed by atoms with Crippen LogP contribution in [0.4, 0.5) is 5.88 Å². The number of halogens is 1. The van der Waals surface area contributed by atoms with Crippen molar-refractivity contribution in [2.24, 2.45) is 0 Å². The number of anilines is 1. The van der Waals surface area contributed by atoms with E-state index in [4.69, 9.17) is 21.9 Å². The van der Waals surface area contributed by atoms with Crippen LogP contribution in [0, 0.1) is 0 Å². The summed E-state index contributed by atoms with van der Waals surface area (Å²) in [6.45, 7) is 0. The number of nitrogens with zero attached hydrogens (tertiary/aromatic N) is 1. The van der Waals surface area contributed by atoms with Gasteiger partial charge in [0.05, 0.1) is 11.3 Å². The topological polar surface area (TPSA) is 52.0 Å². The third kappa shape index (κ3) is 2.47. The third-order valence-corrected chi connectivity index (χ3v) is 4.12. The summed E-state index contributed by atoms with van der Waals surface area (Å²) < 4.78 is 5.23. The summed E-state index contributed by atoms with van der Waals surface area (Å²) in [4.78, 5) is 0. The average Bonchev–Trinajstić information content (AvgIpc) is 2.83. The van der Waals surface area contributed by atoms with Gasteiger partial charge in [-0.15, -0.1) is 0 Å². The van der Waals surface area contributed by atoms with Crippen molar-refractivity contribution in [2.75, 3.05) is 5.73 Å². The van der Waals surface area contributed by atoms with Crippen LogP contribution in [-0.4, -0.2) is 5.16 Å². The van der Waals surface area contributed by atoms with E-state index in [1.54, 1.807) is 0 Å². The molecule has 3 rings (SSSR count). The molecular weight excluding hydrogens is 260 g/mol. The number of hydrogen-bond acceptors (Lipinski definition) is 3. The van der Waals surface area contributed by atoms with Crippen LogP contribution >= 0.6 is 11.6 Å². The number of hydrogen-bond donors (Lipinski definition) is 1. The van der Waals surface area contributed by atoms with Gasteiger partial charge in [0.2, 0.25) is 5.88 Å². The fourth-order valence-electron chi connectivity index (χ4n) is 2.88. The van der Waals surface area contributed by atoms with Gasteiger partial charge in [-0.3, -0.25) is 0 Å². The molecule has 1 aliphatic carbocycles. The van der Waals surface area contributed by atoms with Gasteiger partial charge in [0, 0.05) is 10.9 Å². The Bertz CT molecular complexity index is 556. The first-order valence-electron chi connectivity index (χ1n) is 6.76. The highest BCUT2D eigenvalue weighted by molar-refractivity contribution is 6.30. The van der Waals surface area contributed by atoms with Crippen molar-refractivity contribution in [3.63, 3.8) is 0 Å². The molecule has 100 valence electrons. The number of nitrogen functional groups attached to an aromatic ring is 1. The summed E-state index contributed by atoms with van der Waals surface area (Å²) in [5.41, 5.74) is 8.95. The Balaban J connectivity index is 2.00. The Hall–Kier alpha value is -1.48. The lowest BCUT2D eigenvalue weighted by atomic mass is 9.84. The molecule has 0 saturated heterocycles. The number of nitrogens with two attached hydrogens (primary N) is 1. The zero-order chi connectivity index (χ0) is 13.2. The highest BCUT2D eigenvalue weighted by Crippen LogP contribution is 2.40. The van der Waals surface area contributed by atoms with Crippen molar-refractivity contribution in [3.05, 3.63) is 35.0 Å². The van der Waals surface area contributed by atoms with Crippen molar-refractivity contribution in [2.45, 2.75) is 38.0 Å². The Kier molecular flexibility index (Phi) is 3.47. The molecule has 0 atom stereocenters. The highest BCUT2D eigenvalue weighted by Gasteiger charge is 2.25. The van der Waals surface area contributed by atoms with Gasteiger partial charge in [-0.25, -0.2) is 0 Å². The van der Waals surface area contributed by atoms with Crippen molar-refractivity contribution >= 4 is 17.5 Å². The SMILES string of the molecule is Nc1onc(C2CCCCC2)c1-c1ccc(Cl)cc1. The van der Waals surface area contributed by atoms with E-state index in [-0.39, 0.29) is 0 Å². The van der Waals surface area contributed by atoms with E-state index in [1.165, 1.54) is 32.1 Å². The largest absolute Gasteiger partial charge is 0.367 e. The lowest BCUT2D eigenvalue weighted by Crippen LogP contribution is -2.06. The van der Waals surface area contributed by atoms with Crippen LogP contribution in [0.1, 0.15) is 43.7 Å². The first-order valence-corrected chi connectivity index (χ1v) is 7.14. The second kappa shape index (κ2) is 5.25. The maximum atomic E-state index is 5.96. The van der Waals surface area contributed by atoms with Gasteiger partial charge < -0.3 is 10.3 Å². The zero-order valence-electron chi connectivity index (χ0n) is 10.7. The normalized spacial score (nSPS) is 16.7. The molecule has 3 nitrogen and oxygen atoms in total. The molecule has 1 aliphatic rings. The van der Waals surface area contributed by atoms with E-state index in [2.05, 4.69) is 5.16 Å². The Morgan fingerprint density at radius 1 is 1.11 bits per heavy atom. The quantitative estimate of drug-likeness (QED) is 0.870. The second-order valence-corrected chi connectivity index (χ2v) is 5.59. The van der Waals surface area contributed by atoms with Gasteiger partial charge in [-0.2, -0.15) is 0 Å². The van der Waals surface area contributed by atoms with Gasteiger partial charge in [0.15, 0.2) is 0 Å². The molecule has 1 aromatic heterocycles. The van der Waals surface area contributed by atoms with Gasteiger partial charge in [0.25, 0.3) is 0 Å². The van der Waals surface area contributed by atoms with Crippen LogP contribution in [0.5, 0.6) is 0 Å². The Morgan fingerprint density at radius 3 is 2.47 bits per heavy atom. The molecule has 1 saturated carbocycles. The lowest BCUT2D eigenvalue weighted by molar-refractivity contribution is 0.388. The van der Waals surface area contributed by atoms with Crippen molar-refractivity contribution in [3.8, 4) is 11.1 Å². The maximum Gasteiger partial charge on any atom is 0.230 e. The molecule has 0 unspecified atom stereocenters. The van der Waals surface area contributed by atoms with Gasteiger partial charge in [-0.1, -0.05) is 48.2 Å². The molecule has 2 aromatic rings. The van der Waals surface area contributed by atoms with Crippen molar-refractivity contribution in [1.82, 2.24) is 5.16 Å². The van der Waals surface area contributed by atoms with E-state index >= 15 is 0 Å². The van der Waals surface area contributed by atoms with Crippen LogP contribution in [0.3, 0.4) is 0 Å². The van der Waals surface area contributed by atoms with Crippen molar-refractivity contribution < 1.29 is 4.52 Å². The molecule has 1 aromatic carbocycles. The van der Waals surface area contributed by atoms with Crippen LogP contribution in [0.15, 0.2) is 28.8 Å². The third-order valence-electron chi connectivity index (χ3n) is 3.87. The van der Waals surface area contributed by atoms with Crippen LogP contribution in [0.2, 0.25) is 5.02 Å². The van der Waals surface area contributed by atoms with E-state index in [0.717, 1.165) is 21.8 Å². The standard InChI is InChI=1S/C15H17ClN2O/c16-12-8-6-10(7-9-12)13-14(18-19-15(13)17)11-4-2-1-3-5-11/h6-9,11H,1-5,17H2. The van der Waals surface area contributed by atoms with Crippen LogP contribution in [-0.2, 0) is 0 Å². The summed E-state index contributed by atoms with van der Waals surface area (Å²) in [5, 5.41) is 4.93. The summed E-state index contributed by atoms with van der Waals surface area (Å²) in [5.74, 6) is 0.878. The van der Waals surface area contributed by atoms with E-state index < -0.39 is 0 Å². The molecule has 0 radical (unpaired) electrons. The molecule has 0 aliphatic heterocycles. The fraction of sp³-hybridized carbons (Fsp3) is 0.400. The lowest BCUT2D eigenvalue weighted by Gasteiger charge is -2.20. The fourth-order valence-corrected chi connectivity index (χ4v) is 3.00. The first kappa shape index (κ1) is 12.5. The maximum absolute atomic E-state index is 5.96. The number of rotatable bonds is 2. The molecule has 19 heavy (non-hydrogen) atoms. The Labute approximate surface area is 117 Å². The van der Waals surface area contributed by atoms with E-state index in [9.17, 15) is 0 Å².